The fraction of sp³-hybridized carbons (Fsp3) is 0.684. The van der Waals surface area contributed by atoms with Gasteiger partial charge in [0.25, 0.3) is 0 Å². The van der Waals surface area contributed by atoms with Crippen LogP contribution in [0.4, 0.5) is 0 Å². The first-order chi connectivity index (χ1) is 11.7. The van der Waals surface area contributed by atoms with Gasteiger partial charge in [-0.1, -0.05) is 6.07 Å². The van der Waals surface area contributed by atoms with Gasteiger partial charge >= 0.3 is 0 Å². The zero-order valence-corrected chi connectivity index (χ0v) is 14.5. The van der Waals surface area contributed by atoms with Crippen molar-refractivity contribution >= 4 is 5.91 Å². The van der Waals surface area contributed by atoms with Crippen LogP contribution in [0.3, 0.4) is 0 Å². The second-order valence-corrected chi connectivity index (χ2v) is 7.54. The molecule has 1 saturated carbocycles. The number of carbonyl (C=O) groups is 1. The zero-order chi connectivity index (χ0) is 16.5. The molecule has 0 bridgehead atoms. The number of hydrogen-bond donors (Lipinski definition) is 0. The predicted octanol–water partition coefficient (Wildman–Crippen LogP) is 1.85. The highest BCUT2D eigenvalue weighted by Gasteiger charge is 2.40. The maximum atomic E-state index is 13.0. The number of carbonyl (C=O) groups excluding carboxylic acids is 1. The van der Waals surface area contributed by atoms with Crippen molar-refractivity contribution in [1.29, 1.82) is 0 Å². The average Bonchev–Trinajstić information content (AvgIpc) is 3.38. The second-order valence-electron chi connectivity index (χ2n) is 7.54. The van der Waals surface area contributed by atoms with Crippen molar-refractivity contribution in [3.8, 4) is 0 Å². The maximum Gasteiger partial charge on any atom is 0.228 e. The molecule has 130 valence electrons. The van der Waals surface area contributed by atoms with Gasteiger partial charge in [-0.25, -0.2) is 0 Å². The van der Waals surface area contributed by atoms with Crippen molar-refractivity contribution in [1.82, 2.24) is 14.8 Å². The molecule has 0 aromatic carbocycles. The molecule has 2 saturated heterocycles. The van der Waals surface area contributed by atoms with Gasteiger partial charge in [-0.15, -0.1) is 0 Å². The van der Waals surface area contributed by atoms with E-state index in [0.717, 1.165) is 36.8 Å². The number of piperidine rings is 1. The molecule has 2 atom stereocenters. The van der Waals surface area contributed by atoms with Crippen LogP contribution in [-0.2, 0) is 16.1 Å². The van der Waals surface area contributed by atoms with E-state index in [4.69, 9.17) is 4.74 Å². The second kappa shape index (κ2) is 6.81. The molecule has 3 aliphatic rings. The van der Waals surface area contributed by atoms with Crippen molar-refractivity contribution in [3.05, 3.63) is 29.6 Å². The number of pyridine rings is 1. The van der Waals surface area contributed by atoms with Gasteiger partial charge in [-0.2, -0.15) is 0 Å². The van der Waals surface area contributed by atoms with Crippen molar-refractivity contribution in [2.45, 2.75) is 38.8 Å². The minimum absolute atomic E-state index is 0.0211. The molecule has 24 heavy (non-hydrogen) atoms. The largest absolute Gasteiger partial charge is 0.374 e. The molecule has 5 heteroatoms. The van der Waals surface area contributed by atoms with Gasteiger partial charge in [0.2, 0.25) is 5.91 Å². The normalized spacial score (nSPS) is 28.5. The molecule has 0 N–H and O–H groups in total. The lowest BCUT2D eigenvalue weighted by Gasteiger charge is -2.37. The minimum atomic E-state index is 0.0211. The molecular formula is C19H27N3O2. The summed E-state index contributed by atoms with van der Waals surface area (Å²) in [7, 11) is 0. The van der Waals surface area contributed by atoms with E-state index in [9.17, 15) is 4.79 Å². The monoisotopic (exact) mass is 329 g/mol. The molecule has 3 fully saturated rings. The number of amides is 1. The van der Waals surface area contributed by atoms with Crippen LogP contribution in [0.5, 0.6) is 0 Å². The molecule has 1 aromatic rings. The smallest absolute Gasteiger partial charge is 0.228 e. The molecule has 0 spiro atoms. The quantitative estimate of drug-likeness (QED) is 0.846. The Kier molecular flexibility index (Phi) is 4.55. The Bertz CT molecular complexity index is 602. The lowest BCUT2D eigenvalue weighted by Crippen LogP contribution is -2.49. The van der Waals surface area contributed by atoms with Gasteiger partial charge in [-0.3, -0.25) is 9.78 Å². The number of hydrogen-bond acceptors (Lipinski definition) is 4. The molecule has 3 heterocycles. The molecule has 1 aromatic heterocycles. The summed E-state index contributed by atoms with van der Waals surface area (Å²) in [6, 6.07) is 6.00. The molecular weight excluding hydrogens is 302 g/mol. The van der Waals surface area contributed by atoms with Crippen molar-refractivity contribution < 1.29 is 9.53 Å². The lowest BCUT2D eigenvalue weighted by atomic mass is 9.92. The molecule has 1 aliphatic carbocycles. The number of aromatic nitrogens is 1. The molecule has 0 radical (unpaired) electrons. The van der Waals surface area contributed by atoms with Crippen LogP contribution in [0.2, 0.25) is 0 Å². The summed E-state index contributed by atoms with van der Waals surface area (Å²) in [5, 5.41) is 0. The SMILES string of the molecule is Cc1cccc(CN2CCO[C@@H]3CN(CC4CC4)CC[C@@H]3C2=O)n1. The van der Waals surface area contributed by atoms with E-state index in [-0.39, 0.29) is 17.9 Å². The molecule has 1 amide bonds. The Labute approximate surface area is 144 Å². The lowest BCUT2D eigenvalue weighted by molar-refractivity contribution is -0.139. The molecule has 4 rings (SSSR count). The number of rotatable bonds is 4. The van der Waals surface area contributed by atoms with E-state index < -0.39 is 0 Å². The van der Waals surface area contributed by atoms with E-state index in [1.165, 1.54) is 19.4 Å². The van der Waals surface area contributed by atoms with E-state index in [1.807, 2.05) is 30.0 Å². The first-order valence-corrected chi connectivity index (χ1v) is 9.24. The van der Waals surface area contributed by atoms with Gasteiger partial charge in [0.05, 0.1) is 30.9 Å². The third-order valence-electron chi connectivity index (χ3n) is 5.48. The summed E-state index contributed by atoms with van der Waals surface area (Å²) in [5.41, 5.74) is 1.96. The standard InChI is InChI=1S/C19H27N3O2/c1-14-3-2-4-16(20-14)12-22-9-10-24-18-13-21(11-15-5-6-15)8-7-17(18)19(22)23/h2-4,15,17-18H,5-13H2,1H3/t17-,18+/m0/s1. The summed E-state index contributed by atoms with van der Waals surface area (Å²) >= 11 is 0. The maximum absolute atomic E-state index is 13.0. The van der Waals surface area contributed by atoms with E-state index in [0.29, 0.717) is 19.7 Å². The highest BCUT2D eigenvalue weighted by atomic mass is 16.5. The van der Waals surface area contributed by atoms with Crippen LogP contribution in [0, 0.1) is 18.8 Å². The number of fused-ring (bicyclic) bond motifs is 1. The third-order valence-corrected chi connectivity index (χ3v) is 5.48. The first-order valence-electron chi connectivity index (χ1n) is 9.24. The zero-order valence-electron chi connectivity index (χ0n) is 14.5. The van der Waals surface area contributed by atoms with Gasteiger partial charge in [0.15, 0.2) is 0 Å². The van der Waals surface area contributed by atoms with Crippen LogP contribution >= 0.6 is 0 Å². The van der Waals surface area contributed by atoms with Crippen molar-refractivity contribution in [3.63, 3.8) is 0 Å². The van der Waals surface area contributed by atoms with Crippen LogP contribution in [-0.4, -0.2) is 59.6 Å². The summed E-state index contributed by atoms with van der Waals surface area (Å²) in [4.78, 5) is 22.0. The summed E-state index contributed by atoms with van der Waals surface area (Å²) in [6.45, 7) is 7.03. The summed E-state index contributed by atoms with van der Waals surface area (Å²) in [5.74, 6) is 1.17. The number of likely N-dealkylation sites (tertiary alicyclic amines) is 1. The Morgan fingerprint density at radius 3 is 2.92 bits per heavy atom. The summed E-state index contributed by atoms with van der Waals surface area (Å²) < 4.78 is 6.08. The van der Waals surface area contributed by atoms with Crippen molar-refractivity contribution in [2.75, 3.05) is 32.8 Å². The van der Waals surface area contributed by atoms with Gasteiger partial charge in [0, 0.05) is 25.3 Å². The van der Waals surface area contributed by atoms with E-state index in [1.54, 1.807) is 0 Å². The summed E-state index contributed by atoms with van der Waals surface area (Å²) in [6.07, 6.45) is 3.75. The van der Waals surface area contributed by atoms with Crippen LogP contribution < -0.4 is 0 Å². The predicted molar refractivity (Wildman–Crippen MR) is 91.4 cm³/mol. The Balaban J connectivity index is 1.41. The van der Waals surface area contributed by atoms with E-state index in [2.05, 4.69) is 9.88 Å². The number of nitrogens with zero attached hydrogens (tertiary/aromatic N) is 3. The first kappa shape index (κ1) is 16.0. The third kappa shape index (κ3) is 3.62. The molecule has 2 aliphatic heterocycles. The Hall–Kier alpha value is -1.46. The fourth-order valence-electron chi connectivity index (χ4n) is 3.96. The van der Waals surface area contributed by atoms with Crippen LogP contribution in [0.25, 0.3) is 0 Å². The minimum Gasteiger partial charge on any atom is -0.374 e. The topological polar surface area (TPSA) is 45.7 Å². The Morgan fingerprint density at radius 2 is 2.12 bits per heavy atom. The highest BCUT2D eigenvalue weighted by Crippen LogP contribution is 2.32. The van der Waals surface area contributed by atoms with Crippen LogP contribution in [0.15, 0.2) is 18.2 Å². The molecule has 0 unspecified atom stereocenters. The number of aryl methyl sites for hydroxylation is 1. The average molecular weight is 329 g/mol. The van der Waals surface area contributed by atoms with E-state index >= 15 is 0 Å². The van der Waals surface area contributed by atoms with Gasteiger partial charge in [-0.05, 0) is 50.8 Å². The Morgan fingerprint density at radius 1 is 1.25 bits per heavy atom. The van der Waals surface area contributed by atoms with Gasteiger partial charge < -0.3 is 14.5 Å². The van der Waals surface area contributed by atoms with Crippen LogP contribution in [0.1, 0.15) is 30.7 Å². The van der Waals surface area contributed by atoms with Crippen molar-refractivity contribution in [2.24, 2.45) is 11.8 Å². The fourth-order valence-corrected chi connectivity index (χ4v) is 3.96. The number of ether oxygens (including phenoxy) is 1. The van der Waals surface area contributed by atoms with Gasteiger partial charge in [0.1, 0.15) is 0 Å². The highest BCUT2D eigenvalue weighted by molar-refractivity contribution is 5.79. The molecule has 5 nitrogen and oxygen atoms in total.